The van der Waals surface area contributed by atoms with Crippen LogP contribution in [0.4, 0.5) is 11.4 Å². The number of hydrogen-bond donors (Lipinski definition) is 1. The minimum Gasteiger partial charge on any atom is -0.372 e. The smallest absolute Gasteiger partial charge is 0.224 e. The zero-order valence-corrected chi connectivity index (χ0v) is 13.7. The maximum atomic E-state index is 12.2. The Bertz CT molecular complexity index is 661. The van der Waals surface area contributed by atoms with Crippen molar-refractivity contribution in [3.8, 4) is 0 Å². The summed E-state index contributed by atoms with van der Waals surface area (Å²) in [5.41, 5.74) is 4.51. The maximum Gasteiger partial charge on any atom is 0.224 e. The van der Waals surface area contributed by atoms with Crippen LogP contribution in [-0.4, -0.2) is 19.0 Å². The molecule has 3 heteroatoms. The van der Waals surface area contributed by atoms with Gasteiger partial charge in [-0.05, 0) is 55.5 Å². The Hall–Kier alpha value is -2.29. The zero-order chi connectivity index (χ0) is 16.1. The average Bonchev–Trinajstić information content (AvgIpc) is 3.10. The highest BCUT2D eigenvalue weighted by Crippen LogP contribution is 2.25. The fourth-order valence-corrected chi connectivity index (χ4v) is 3.08. The summed E-state index contributed by atoms with van der Waals surface area (Å²) < 4.78 is 0. The van der Waals surface area contributed by atoms with Crippen molar-refractivity contribution in [1.29, 1.82) is 0 Å². The Labute approximate surface area is 138 Å². The van der Waals surface area contributed by atoms with E-state index >= 15 is 0 Å². The summed E-state index contributed by atoms with van der Waals surface area (Å²) in [5.74, 6) is 0.0749. The first-order chi connectivity index (χ1) is 11.2. The van der Waals surface area contributed by atoms with Gasteiger partial charge in [-0.2, -0.15) is 0 Å². The van der Waals surface area contributed by atoms with Gasteiger partial charge >= 0.3 is 0 Å². The molecule has 0 bridgehead atoms. The molecular weight excluding hydrogens is 284 g/mol. The van der Waals surface area contributed by atoms with E-state index in [0.29, 0.717) is 6.42 Å². The summed E-state index contributed by atoms with van der Waals surface area (Å²) in [6.07, 6.45) is 3.84. The van der Waals surface area contributed by atoms with Gasteiger partial charge in [0.15, 0.2) is 0 Å². The fourth-order valence-electron chi connectivity index (χ4n) is 3.08. The summed E-state index contributed by atoms with van der Waals surface area (Å²) in [6.45, 7) is 4.34. The molecule has 2 aromatic rings. The summed E-state index contributed by atoms with van der Waals surface area (Å²) in [5, 5.41) is 3.04. The van der Waals surface area contributed by atoms with E-state index < -0.39 is 0 Å². The SMILES string of the molecule is Cc1cc(N2CCCC2)ccc1NC(=O)CCc1ccccc1. The lowest BCUT2D eigenvalue weighted by atomic mass is 10.1. The van der Waals surface area contributed by atoms with Crippen LogP contribution in [0.2, 0.25) is 0 Å². The fraction of sp³-hybridized carbons (Fsp3) is 0.350. The van der Waals surface area contributed by atoms with E-state index in [0.717, 1.165) is 30.8 Å². The summed E-state index contributed by atoms with van der Waals surface area (Å²) >= 11 is 0. The molecule has 120 valence electrons. The third-order valence-electron chi connectivity index (χ3n) is 4.44. The van der Waals surface area contributed by atoms with E-state index in [4.69, 9.17) is 0 Å². The van der Waals surface area contributed by atoms with E-state index in [1.807, 2.05) is 24.3 Å². The van der Waals surface area contributed by atoms with Gasteiger partial charge in [0.05, 0.1) is 0 Å². The van der Waals surface area contributed by atoms with Crippen molar-refractivity contribution < 1.29 is 4.79 Å². The van der Waals surface area contributed by atoms with Crippen LogP contribution in [0.15, 0.2) is 48.5 Å². The molecule has 3 rings (SSSR count). The Morgan fingerprint density at radius 3 is 2.52 bits per heavy atom. The van der Waals surface area contributed by atoms with Gasteiger partial charge in [-0.3, -0.25) is 4.79 Å². The van der Waals surface area contributed by atoms with Crippen molar-refractivity contribution >= 4 is 17.3 Å². The molecular formula is C20H24N2O. The number of benzene rings is 2. The number of amides is 1. The highest BCUT2D eigenvalue weighted by molar-refractivity contribution is 5.91. The maximum absolute atomic E-state index is 12.2. The Kier molecular flexibility index (Phi) is 4.96. The second-order valence-electron chi connectivity index (χ2n) is 6.23. The van der Waals surface area contributed by atoms with Gasteiger partial charge in [-0.1, -0.05) is 30.3 Å². The van der Waals surface area contributed by atoms with Gasteiger partial charge in [-0.25, -0.2) is 0 Å². The lowest BCUT2D eigenvalue weighted by Gasteiger charge is -2.19. The van der Waals surface area contributed by atoms with E-state index in [2.05, 4.69) is 41.4 Å². The molecule has 1 saturated heterocycles. The summed E-state index contributed by atoms with van der Waals surface area (Å²) in [7, 11) is 0. The van der Waals surface area contributed by atoms with Crippen LogP contribution in [0.25, 0.3) is 0 Å². The first kappa shape index (κ1) is 15.6. The molecule has 3 nitrogen and oxygen atoms in total. The number of carbonyl (C=O) groups excluding carboxylic acids is 1. The molecule has 1 aliphatic heterocycles. The number of nitrogens with zero attached hydrogens (tertiary/aromatic N) is 1. The Morgan fingerprint density at radius 2 is 1.83 bits per heavy atom. The van der Waals surface area contributed by atoms with Crippen molar-refractivity contribution in [3.63, 3.8) is 0 Å². The van der Waals surface area contributed by atoms with E-state index in [-0.39, 0.29) is 5.91 Å². The molecule has 23 heavy (non-hydrogen) atoms. The number of aryl methyl sites for hydroxylation is 2. The van der Waals surface area contributed by atoms with E-state index in [9.17, 15) is 4.79 Å². The Balaban J connectivity index is 1.57. The molecule has 0 unspecified atom stereocenters. The first-order valence-corrected chi connectivity index (χ1v) is 8.42. The van der Waals surface area contributed by atoms with Crippen LogP contribution in [-0.2, 0) is 11.2 Å². The molecule has 1 fully saturated rings. The second-order valence-corrected chi connectivity index (χ2v) is 6.23. The summed E-state index contributed by atoms with van der Waals surface area (Å²) in [4.78, 5) is 14.6. The largest absolute Gasteiger partial charge is 0.372 e. The molecule has 0 saturated carbocycles. The van der Waals surface area contributed by atoms with Gasteiger partial charge < -0.3 is 10.2 Å². The van der Waals surface area contributed by atoms with Crippen LogP contribution in [0.5, 0.6) is 0 Å². The normalized spacial score (nSPS) is 14.0. The van der Waals surface area contributed by atoms with Gasteiger partial charge in [-0.15, -0.1) is 0 Å². The topological polar surface area (TPSA) is 32.3 Å². The minimum absolute atomic E-state index is 0.0749. The molecule has 1 N–H and O–H groups in total. The Morgan fingerprint density at radius 1 is 1.09 bits per heavy atom. The average molecular weight is 308 g/mol. The number of carbonyl (C=O) groups is 1. The van der Waals surface area contributed by atoms with Gasteiger partial charge in [0.2, 0.25) is 5.91 Å². The van der Waals surface area contributed by atoms with E-state index in [1.165, 1.54) is 24.1 Å². The molecule has 2 aromatic carbocycles. The molecule has 1 aliphatic rings. The van der Waals surface area contributed by atoms with Crippen LogP contribution in [0.3, 0.4) is 0 Å². The van der Waals surface area contributed by atoms with Crippen LogP contribution >= 0.6 is 0 Å². The summed E-state index contributed by atoms with van der Waals surface area (Å²) in [6, 6.07) is 16.5. The number of anilines is 2. The van der Waals surface area contributed by atoms with Gasteiger partial charge in [0.25, 0.3) is 0 Å². The van der Waals surface area contributed by atoms with E-state index in [1.54, 1.807) is 0 Å². The predicted octanol–water partition coefficient (Wildman–Crippen LogP) is 4.17. The monoisotopic (exact) mass is 308 g/mol. The lowest BCUT2D eigenvalue weighted by Crippen LogP contribution is -2.18. The third kappa shape index (κ3) is 4.13. The molecule has 0 aromatic heterocycles. The number of rotatable bonds is 5. The number of hydrogen-bond acceptors (Lipinski definition) is 2. The molecule has 1 amide bonds. The first-order valence-electron chi connectivity index (χ1n) is 8.42. The van der Waals surface area contributed by atoms with Crippen molar-refractivity contribution in [2.24, 2.45) is 0 Å². The molecule has 0 spiro atoms. The predicted molar refractivity (Wildman–Crippen MR) is 96.0 cm³/mol. The highest BCUT2D eigenvalue weighted by Gasteiger charge is 2.13. The van der Waals surface area contributed by atoms with Crippen molar-refractivity contribution in [2.75, 3.05) is 23.3 Å². The van der Waals surface area contributed by atoms with Gasteiger partial charge in [0.1, 0.15) is 0 Å². The molecule has 0 aliphatic carbocycles. The minimum atomic E-state index is 0.0749. The molecule has 0 radical (unpaired) electrons. The van der Waals surface area contributed by atoms with Crippen LogP contribution in [0, 0.1) is 6.92 Å². The lowest BCUT2D eigenvalue weighted by molar-refractivity contribution is -0.116. The van der Waals surface area contributed by atoms with Crippen molar-refractivity contribution in [3.05, 3.63) is 59.7 Å². The van der Waals surface area contributed by atoms with Crippen molar-refractivity contribution in [1.82, 2.24) is 0 Å². The van der Waals surface area contributed by atoms with Crippen LogP contribution in [0.1, 0.15) is 30.4 Å². The van der Waals surface area contributed by atoms with Gasteiger partial charge in [0, 0.05) is 30.9 Å². The third-order valence-corrected chi connectivity index (χ3v) is 4.44. The second kappa shape index (κ2) is 7.32. The molecule has 0 atom stereocenters. The number of nitrogens with one attached hydrogen (secondary N) is 1. The zero-order valence-electron chi connectivity index (χ0n) is 13.7. The molecule has 1 heterocycles. The quantitative estimate of drug-likeness (QED) is 0.899. The highest BCUT2D eigenvalue weighted by atomic mass is 16.1. The van der Waals surface area contributed by atoms with Crippen LogP contribution < -0.4 is 10.2 Å². The standard InChI is InChI=1S/C20H24N2O/c1-16-15-18(22-13-5-6-14-22)10-11-19(16)21-20(23)12-9-17-7-3-2-4-8-17/h2-4,7-8,10-11,15H,5-6,9,12-14H2,1H3,(H,21,23). The van der Waals surface area contributed by atoms with Crippen molar-refractivity contribution in [2.45, 2.75) is 32.6 Å².